The highest BCUT2D eigenvalue weighted by atomic mass is 35.5. The van der Waals surface area contributed by atoms with Gasteiger partial charge in [-0.2, -0.15) is 13.2 Å². The maximum atomic E-state index is 13.5. The highest BCUT2D eigenvalue weighted by Gasteiger charge is 2.24. The summed E-state index contributed by atoms with van der Waals surface area (Å²) < 4.78 is 65.7. The van der Waals surface area contributed by atoms with E-state index in [-0.39, 0.29) is 39.8 Å². The van der Waals surface area contributed by atoms with E-state index in [2.05, 4.69) is 16.8 Å². The molecular weight excluding hydrogens is 496 g/mol. The zero-order chi connectivity index (χ0) is 26.1. The largest absolute Gasteiger partial charge is 0.409 e. The molecule has 2 aromatic heterocycles. The zero-order valence-electron chi connectivity index (χ0n) is 19.1. The van der Waals surface area contributed by atoms with Gasteiger partial charge >= 0.3 is 6.18 Å². The summed E-state index contributed by atoms with van der Waals surface area (Å²) in [6.07, 6.45) is -0.0497. The first kappa shape index (κ1) is 29.2. The summed E-state index contributed by atoms with van der Waals surface area (Å²) >= 11 is 5.87. The summed E-state index contributed by atoms with van der Waals surface area (Å²) in [5.74, 6) is -0.814. The fraction of sp³-hybridized carbons (Fsp3) is 0.318. The minimum Gasteiger partial charge on any atom is -0.307 e. The van der Waals surface area contributed by atoms with Crippen LogP contribution in [-0.2, 0) is 23.1 Å². The maximum absolute atomic E-state index is 13.5. The average Bonchev–Trinajstić information content (AvgIpc) is 3.19. The third-order valence-electron chi connectivity index (χ3n) is 3.86. The number of allylic oxidation sites excluding steroid dienone is 3. The van der Waals surface area contributed by atoms with Crippen LogP contribution >= 0.6 is 11.6 Å². The van der Waals surface area contributed by atoms with Crippen LogP contribution in [0.5, 0.6) is 0 Å². The van der Waals surface area contributed by atoms with Crippen LogP contribution in [0.25, 0.3) is 5.65 Å². The van der Waals surface area contributed by atoms with Crippen LogP contribution in [0.2, 0.25) is 5.02 Å². The monoisotopic (exact) mass is 520 g/mol. The molecule has 3 aromatic rings. The molecule has 0 saturated heterocycles. The smallest absolute Gasteiger partial charge is 0.307 e. The molecule has 0 aliphatic rings. The third-order valence-corrected chi connectivity index (χ3v) is 5.55. The Bertz CT molecular complexity index is 1240. The molecule has 6 nitrogen and oxygen atoms in total. The van der Waals surface area contributed by atoms with E-state index in [0.717, 1.165) is 4.57 Å². The second-order valence-corrected chi connectivity index (χ2v) is 8.27. The Hall–Kier alpha value is -2.79. The molecule has 34 heavy (non-hydrogen) atoms. The maximum Gasteiger partial charge on any atom is 0.409 e. The van der Waals surface area contributed by atoms with Crippen molar-refractivity contribution in [3.05, 3.63) is 81.7 Å². The van der Waals surface area contributed by atoms with Crippen LogP contribution in [0.15, 0.2) is 64.8 Å². The summed E-state index contributed by atoms with van der Waals surface area (Å²) in [6, 6.07) is 4.10. The molecule has 186 valence electrons. The Morgan fingerprint density at radius 3 is 2.44 bits per heavy atom. The van der Waals surface area contributed by atoms with Gasteiger partial charge in [-0.1, -0.05) is 43.7 Å². The van der Waals surface area contributed by atoms with Crippen molar-refractivity contribution in [2.45, 2.75) is 51.3 Å². The first-order valence-electron chi connectivity index (χ1n) is 10.1. The zero-order valence-corrected chi connectivity index (χ0v) is 20.6. The van der Waals surface area contributed by atoms with Gasteiger partial charge < -0.3 is 4.57 Å². The summed E-state index contributed by atoms with van der Waals surface area (Å²) in [4.78, 5) is 12.5. The lowest BCUT2D eigenvalue weighted by molar-refractivity contribution is -0.0806. The van der Waals surface area contributed by atoms with Crippen LogP contribution < -0.4 is 5.56 Å². The van der Waals surface area contributed by atoms with Crippen molar-refractivity contribution >= 4 is 28.0 Å². The second kappa shape index (κ2) is 13.2. The Balaban J connectivity index is 0.00000107. The second-order valence-electron chi connectivity index (χ2n) is 6.55. The van der Waals surface area contributed by atoms with Gasteiger partial charge in [0, 0.05) is 25.0 Å². The van der Waals surface area contributed by atoms with Gasteiger partial charge in [0.15, 0.2) is 0 Å². The number of nitrogens with zero attached hydrogens (tertiary/aromatic N) is 4. The Morgan fingerprint density at radius 2 is 1.85 bits per heavy atom. The molecule has 0 aliphatic carbocycles. The van der Waals surface area contributed by atoms with Crippen LogP contribution in [0.1, 0.15) is 33.3 Å². The van der Waals surface area contributed by atoms with Gasteiger partial charge in [0.05, 0.1) is 21.6 Å². The van der Waals surface area contributed by atoms with Gasteiger partial charge in [-0.15, -0.1) is 16.8 Å². The summed E-state index contributed by atoms with van der Waals surface area (Å²) in [6.45, 7) is 10.2. The number of benzene rings is 1. The molecule has 1 atom stereocenters. The highest BCUT2D eigenvalue weighted by molar-refractivity contribution is 7.84. The van der Waals surface area contributed by atoms with Gasteiger partial charge in [-0.25, -0.2) is 4.39 Å². The Morgan fingerprint density at radius 1 is 1.24 bits per heavy atom. The molecule has 0 radical (unpaired) electrons. The molecule has 1 unspecified atom stereocenters. The normalized spacial score (nSPS) is 12.3. The predicted molar refractivity (Wildman–Crippen MR) is 126 cm³/mol. The van der Waals surface area contributed by atoms with E-state index in [9.17, 15) is 26.6 Å². The van der Waals surface area contributed by atoms with Crippen molar-refractivity contribution in [2.24, 2.45) is 0 Å². The fourth-order valence-electron chi connectivity index (χ4n) is 2.64. The number of halogens is 5. The summed E-state index contributed by atoms with van der Waals surface area (Å²) in [7, 11) is -1.81. The molecule has 1 aromatic carbocycles. The number of alkyl halides is 3. The first-order chi connectivity index (χ1) is 16.0. The molecule has 0 amide bonds. The Labute approximate surface area is 202 Å². The Kier molecular flexibility index (Phi) is 11.3. The van der Waals surface area contributed by atoms with Crippen molar-refractivity contribution in [1.82, 2.24) is 19.2 Å². The van der Waals surface area contributed by atoms with Gasteiger partial charge in [-0.3, -0.25) is 13.4 Å². The van der Waals surface area contributed by atoms with E-state index in [4.69, 9.17) is 11.6 Å². The lowest BCUT2D eigenvalue weighted by Crippen LogP contribution is -2.23. The van der Waals surface area contributed by atoms with E-state index >= 15 is 0 Å². The number of aromatic nitrogens is 4. The predicted octanol–water partition coefficient (Wildman–Crippen LogP) is 5.72. The molecule has 0 saturated carbocycles. The molecular formula is C22H25ClF4N4O2S. The molecule has 0 N–H and O–H groups in total. The average molecular weight is 521 g/mol. The SMILES string of the molecule is C/C(=C\C(F)(F)F)Cn1ccn2c(S(=O)Cc3cccc(F)c3Cl)nnc2c1=O.C=CC.CC. The molecule has 12 heteroatoms. The molecule has 2 heterocycles. The minimum absolute atomic E-state index is 0.0628. The van der Waals surface area contributed by atoms with Crippen LogP contribution in [-0.4, -0.2) is 29.6 Å². The van der Waals surface area contributed by atoms with Crippen molar-refractivity contribution in [3.8, 4) is 0 Å². The summed E-state index contributed by atoms with van der Waals surface area (Å²) in [5.41, 5.74) is -0.668. The van der Waals surface area contributed by atoms with E-state index in [0.29, 0.717) is 5.56 Å². The van der Waals surface area contributed by atoms with E-state index in [1.54, 1.807) is 6.08 Å². The van der Waals surface area contributed by atoms with Crippen LogP contribution in [0.4, 0.5) is 17.6 Å². The molecule has 0 aliphatic heterocycles. The number of hydrogen-bond donors (Lipinski definition) is 0. The van der Waals surface area contributed by atoms with Gasteiger partial charge in [0.2, 0.25) is 10.8 Å². The number of fused-ring (bicyclic) bond motifs is 1. The van der Waals surface area contributed by atoms with Gasteiger partial charge in [-0.05, 0) is 31.1 Å². The van der Waals surface area contributed by atoms with Crippen LogP contribution in [0, 0.1) is 5.82 Å². The molecule has 0 bridgehead atoms. The fourth-order valence-corrected chi connectivity index (χ4v) is 4.06. The lowest BCUT2D eigenvalue weighted by Gasteiger charge is -2.08. The molecule has 3 rings (SSSR count). The number of rotatable bonds is 5. The highest BCUT2D eigenvalue weighted by Crippen LogP contribution is 2.22. The topological polar surface area (TPSA) is 69.3 Å². The van der Waals surface area contributed by atoms with Crippen molar-refractivity contribution in [2.75, 3.05) is 0 Å². The van der Waals surface area contributed by atoms with Crippen LogP contribution in [0.3, 0.4) is 0 Å². The van der Waals surface area contributed by atoms with Gasteiger partial charge in [0.25, 0.3) is 5.56 Å². The van der Waals surface area contributed by atoms with Crippen molar-refractivity contribution in [1.29, 1.82) is 0 Å². The van der Waals surface area contributed by atoms with Crippen molar-refractivity contribution in [3.63, 3.8) is 0 Å². The molecule has 0 spiro atoms. The minimum atomic E-state index is -4.49. The van der Waals surface area contributed by atoms with E-state index in [1.165, 1.54) is 41.9 Å². The summed E-state index contributed by atoms with van der Waals surface area (Å²) in [5, 5.41) is 7.23. The number of hydrogen-bond acceptors (Lipinski definition) is 4. The first-order valence-corrected chi connectivity index (χ1v) is 11.8. The van der Waals surface area contributed by atoms with E-state index < -0.39 is 28.4 Å². The lowest BCUT2D eigenvalue weighted by atomic mass is 10.2. The molecule has 0 fully saturated rings. The van der Waals surface area contributed by atoms with Gasteiger partial charge in [0.1, 0.15) is 5.82 Å². The van der Waals surface area contributed by atoms with Crippen molar-refractivity contribution < 1.29 is 21.8 Å². The standard InChI is InChI=1S/C17H13ClF4N4O2S.C3H6.C2H6/c1-10(7-17(20,21)22)8-25-5-6-26-14(15(25)27)23-24-16(26)29(28)9-11-3-2-4-12(19)13(11)18;1-3-2;1-2/h2-7H,8-9H2,1H3;3H,1H2,2H3;1-2H3/b10-7+;;. The third kappa shape index (κ3) is 7.91. The van der Waals surface area contributed by atoms with E-state index in [1.807, 2.05) is 20.8 Å². The quantitative estimate of drug-likeness (QED) is 0.319.